The average molecular weight is 385 g/mol. The van der Waals surface area contributed by atoms with Gasteiger partial charge in [0.25, 0.3) is 0 Å². The first kappa shape index (κ1) is 20.6. The summed E-state index contributed by atoms with van der Waals surface area (Å²) < 4.78 is 22.6. The normalized spacial score (nSPS) is 17.6. The highest BCUT2D eigenvalue weighted by atomic mass is 16.6. The number of methoxy groups -OCH3 is 1. The molecule has 2 heterocycles. The van der Waals surface area contributed by atoms with Crippen molar-refractivity contribution in [2.45, 2.75) is 38.6 Å². The zero-order valence-electron chi connectivity index (χ0n) is 16.8. The molecule has 2 unspecified atom stereocenters. The van der Waals surface area contributed by atoms with Crippen LogP contribution >= 0.6 is 0 Å². The van der Waals surface area contributed by atoms with Gasteiger partial charge >= 0.3 is 7.12 Å². The second-order valence-electron chi connectivity index (χ2n) is 7.05. The molecule has 3 rings (SSSR count). The molecule has 0 aliphatic carbocycles. The van der Waals surface area contributed by atoms with Crippen molar-refractivity contribution in [1.82, 2.24) is 4.98 Å². The van der Waals surface area contributed by atoms with Gasteiger partial charge in [0.2, 0.25) is 0 Å². The van der Waals surface area contributed by atoms with Crippen molar-refractivity contribution in [3.63, 3.8) is 0 Å². The Hall–Kier alpha value is -2.09. The summed E-state index contributed by atoms with van der Waals surface area (Å²) in [5, 5.41) is 9.90. The van der Waals surface area contributed by atoms with Crippen LogP contribution in [-0.4, -0.2) is 50.2 Å². The molecule has 0 saturated carbocycles. The Morgan fingerprint density at radius 1 is 1.25 bits per heavy atom. The van der Waals surface area contributed by atoms with Gasteiger partial charge in [-0.2, -0.15) is 0 Å². The van der Waals surface area contributed by atoms with E-state index in [2.05, 4.69) is 18.0 Å². The first-order valence-electron chi connectivity index (χ1n) is 9.78. The van der Waals surface area contributed by atoms with Crippen LogP contribution in [0.2, 0.25) is 6.32 Å². The van der Waals surface area contributed by atoms with Crippen molar-refractivity contribution < 1.29 is 23.9 Å². The van der Waals surface area contributed by atoms with E-state index >= 15 is 0 Å². The fraction of sp³-hybridized carbons (Fsp3) is 0.476. The van der Waals surface area contributed by atoms with E-state index in [4.69, 9.17) is 18.8 Å². The molecule has 1 aliphatic rings. The third kappa shape index (κ3) is 5.04. The first-order valence-corrected chi connectivity index (χ1v) is 9.78. The molecule has 28 heavy (non-hydrogen) atoms. The molecule has 0 spiro atoms. The standard InChI is InChI=1S/C21H28BNO5/c1-4-7-26-21-9-16(5-6-20(21)25-3)17-8-18(12-23-11-17)19(13-24)10-22-27-14-15(2)28-22/h5-6,8-9,11-12,15,19,24H,4,7,10,13-14H2,1-3H3. The van der Waals surface area contributed by atoms with Crippen LogP contribution in [0.3, 0.4) is 0 Å². The van der Waals surface area contributed by atoms with Crippen molar-refractivity contribution in [1.29, 1.82) is 0 Å². The van der Waals surface area contributed by atoms with E-state index in [9.17, 15) is 5.11 Å². The van der Waals surface area contributed by atoms with Gasteiger partial charge in [0, 0.05) is 30.5 Å². The molecule has 1 fully saturated rings. The molecular weight excluding hydrogens is 357 g/mol. The Bertz CT molecular complexity index is 772. The maximum absolute atomic E-state index is 9.90. The van der Waals surface area contributed by atoms with Crippen LogP contribution in [-0.2, 0) is 9.31 Å². The summed E-state index contributed by atoms with van der Waals surface area (Å²) in [6, 6.07) is 7.90. The second kappa shape index (κ2) is 9.91. The van der Waals surface area contributed by atoms with Crippen LogP contribution in [0.5, 0.6) is 11.5 Å². The lowest BCUT2D eigenvalue weighted by Gasteiger charge is -2.17. The van der Waals surface area contributed by atoms with Crippen molar-refractivity contribution >= 4 is 7.12 Å². The molecule has 150 valence electrons. The molecule has 0 amide bonds. The fourth-order valence-corrected chi connectivity index (χ4v) is 3.27. The van der Waals surface area contributed by atoms with Crippen molar-refractivity contribution in [2.75, 3.05) is 26.9 Å². The number of benzene rings is 1. The van der Waals surface area contributed by atoms with Gasteiger partial charge in [-0.15, -0.1) is 0 Å². The predicted molar refractivity (Wildman–Crippen MR) is 109 cm³/mol. The van der Waals surface area contributed by atoms with Crippen LogP contribution in [0.25, 0.3) is 11.1 Å². The maximum atomic E-state index is 9.90. The van der Waals surface area contributed by atoms with E-state index < -0.39 is 0 Å². The van der Waals surface area contributed by atoms with Crippen LogP contribution in [0.1, 0.15) is 31.7 Å². The molecule has 6 nitrogen and oxygen atoms in total. The minimum Gasteiger partial charge on any atom is -0.493 e. The lowest BCUT2D eigenvalue weighted by molar-refractivity contribution is 0.249. The summed E-state index contributed by atoms with van der Waals surface area (Å²) in [5.41, 5.74) is 2.90. The molecular formula is C21H28BNO5. The number of aromatic nitrogens is 1. The molecule has 1 N–H and O–H groups in total. The van der Waals surface area contributed by atoms with Crippen LogP contribution in [0.15, 0.2) is 36.7 Å². The molecule has 0 bridgehead atoms. The van der Waals surface area contributed by atoms with E-state index in [1.165, 1.54) is 0 Å². The molecule has 2 atom stereocenters. The van der Waals surface area contributed by atoms with Gasteiger partial charge in [0.1, 0.15) is 0 Å². The van der Waals surface area contributed by atoms with Crippen LogP contribution in [0.4, 0.5) is 0 Å². The minimum absolute atomic E-state index is 0.0101. The topological polar surface area (TPSA) is 70.0 Å². The van der Waals surface area contributed by atoms with E-state index in [1.54, 1.807) is 13.3 Å². The molecule has 1 saturated heterocycles. The molecule has 2 aromatic rings. The van der Waals surface area contributed by atoms with E-state index in [0.717, 1.165) is 23.1 Å². The summed E-state index contributed by atoms with van der Waals surface area (Å²) in [4.78, 5) is 4.39. The number of nitrogens with zero attached hydrogens (tertiary/aromatic N) is 1. The number of rotatable bonds is 9. The highest BCUT2D eigenvalue weighted by Gasteiger charge is 2.32. The Kier molecular flexibility index (Phi) is 7.31. The van der Waals surface area contributed by atoms with Gasteiger partial charge in [-0.05, 0) is 49.0 Å². The molecule has 1 aromatic carbocycles. The minimum atomic E-state index is -0.286. The van der Waals surface area contributed by atoms with Gasteiger partial charge in [0.05, 0.1) is 26.4 Å². The zero-order chi connectivity index (χ0) is 19.9. The van der Waals surface area contributed by atoms with Gasteiger partial charge < -0.3 is 23.9 Å². The quantitative estimate of drug-likeness (QED) is 0.666. The highest BCUT2D eigenvalue weighted by Crippen LogP contribution is 2.34. The SMILES string of the molecule is CCCOc1cc(-c2cncc(C(CO)CB3OCC(C)O3)c2)ccc1OC. The largest absolute Gasteiger partial charge is 0.493 e. The Balaban J connectivity index is 1.81. The monoisotopic (exact) mass is 385 g/mol. The van der Waals surface area contributed by atoms with Gasteiger partial charge in [0.15, 0.2) is 11.5 Å². The summed E-state index contributed by atoms with van der Waals surface area (Å²) in [7, 11) is 1.35. The number of ether oxygens (including phenoxy) is 2. The van der Waals surface area contributed by atoms with Crippen LogP contribution in [0, 0.1) is 0 Å². The number of aliphatic hydroxyl groups is 1. The van der Waals surface area contributed by atoms with Crippen LogP contribution < -0.4 is 9.47 Å². The number of aliphatic hydroxyl groups excluding tert-OH is 1. The molecule has 0 radical (unpaired) electrons. The Morgan fingerprint density at radius 3 is 2.79 bits per heavy atom. The van der Waals surface area contributed by atoms with Gasteiger partial charge in [-0.25, -0.2) is 0 Å². The zero-order valence-corrected chi connectivity index (χ0v) is 16.8. The number of hydrogen-bond acceptors (Lipinski definition) is 6. The third-order valence-corrected chi connectivity index (χ3v) is 4.79. The number of hydrogen-bond donors (Lipinski definition) is 1. The fourth-order valence-electron chi connectivity index (χ4n) is 3.27. The highest BCUT2D eigenvalue weighted by molar-refractivity contribution is 6.45. The van der Waals surface area contributed by atoms with Crippen molar-refractivity contribution in [3.05, 3.63) is 42.2 Å². The smallest absolute Gasteiger partial charge is 0.457 e. The summed E-state index contributed by atoms with van der Waals surface area (Å²) in [6.07, 6.45) is 5.22. The molecule has 1 aromatic heterocycles. The van der Waals surface area contributed by atoms with E-state index in [1.807, 2.05) is 31.3 Å². The third-order valence-electron chi connectivity index (χ3n) is 4.79. The predicted octanol–water partition coefficient (Wildman–Crippen LogP) is 3.55. The first-order chi connectivity index (χ1) is 13.6. The average Bonchev–Trinajstić information content (AvgIpc) is 3.15. The van der Waals surface area contributed by atoms with Crippen molar-refractivity contribution in [3.8, 4) is 22.6 Å². The lowest BCUT2D eigenvalue weighted by Crippen LogP contribution is -2.20. The van der Waals surface area contributed by atoms with E-state index in [0.29, 0.717) is 31.0 Å². The van der Waals surface area contributed by atoms with E-state index in [-0.39, 0.29) is 25.7 Å². The molecule has 7 heteroatoms. The summed E-state index contributed by atoms with van der Waals surface area (Å²) in [5.74, 6) is 1.32. The maximum Gasteiger partial charge on any atom is 0.457 e. The number of pyridine rings is 1. The second-order valence-corrected chi connectivity index (χ2v) is 7.05. The molecule has 1 aliphatic heterocycles. The summed E-state index contributed by atoms with van der Waals surface area (Å²) >= 11 is 0. The Morgan fingerprint density at radius 2 is 2.11 bits per heavy atom. The van der Waals surface area contributed by atoms with Gasteiger partial charge in [-0.1, -0.05) is 13.0 Å². The summed E-state index contributed by atoms with van der Waals surface area (Å²) in [6.45, 7) is 5.28. The van der Waals surface area contributed by atoms with Gasteiger partial charge in [-0.3, -0.25) is 4.98 Å². The lowest BCUT2D eigenvalue weighted by atomic mass is 9.75. The van der Waals surface area contributed by atoms with Crippen molar-refractivity contribution in [2.24, 2.45) is 0 Å². The Labute approximate surface area is 166 Å².